The summed E-state index contributed by atoms with van der Waals surface area (Å²) in [6.45, 7) is 6.18. The molecular weight excluding hydrogens is 424 g/mol. The number of carbonyl (C=O) groups excluding carboxylic acids is 2. The Balaban J connectivity index is 1.68. The Hall–Kier alpha value is -2.82. The second-order valence-electron chi connectivity index (χ2n) is 9.50. The number of para-hydroxylation sites is 1. The van der Waals surface area contributed by atoms with Gasteiger partial charge in [0.1, 0.15) is 11.9 Å². The van der Waals surface area contributed by atoms with E-state index in [9.17, 15) is 9.59 Å². The zero-order valence-corrected chi connectivity index (χ0v) is 20.6. The van der Waals surface area contributed by atoms with Gasteiger partial charge >= 0.3 is 0 Å². The van der Waals surface area contributed by atoms with Crippen LogP contribution in [-0.4, -0.2) is 53.4 Å². The van der Waals surface area contributed by atoms with E-state index in [2.05, 4.69) is 24.0 Å². The monoisotopic (exact) mass is 462 g/mol. The van der Waals surface area contributed by atoms with Crippen molar-refractivity contribution in [2.45, 2.75) is 76.9 Å². The molecule has 1 aliphatic carbocycles. The third kappa shape index (κ3) is 5.29. The van der Waals surface area contributed by atoms with E-state index in [1.165, 1.54) is 0 Å². The molecule has 1 saturated carbocycles. The number of ether oxygens (including phenoxy) is 1. The van der Waals surface area contributed by atoms with Crippen molar-refractivity contribution in [1.29, 1.82) is 0 Å². The maximum absolute atomic E-state index is 14.0. The molecule has 2 aromatic rings. The van der Waals surface area contributed by atoms with Crippen molar-refractivity contribution in [3.8, 4) is 5.75 Å². The van der Waals surface area contributed by atoms with E-state index in [-0.39, 0.29) is 29.9 Å². The highest BCUT2D eigenvalue weighted by molar-refractivity contribution is 5.97. The second kappa shape index (κ2) is 11.5. The minimum atomic E-state index is -0.141. The van der Waals surface area contributed by atoms with Gasteiger partial charge in [0.05, 0.1) is 17.5 Å². The van der Waals surface area contributed by atoms with E-state index in [4.69, 9.17) is 4.74 Å². The summed E-state index contributed by atoms with van der Waals surface area (Å²) >= 11 is 0. The molecule has 2 aliphatic rings. The van der Waals surface area contributed by atoms with E-state index >= 15 is 0 Å². The van der Waals surface area contributed by atoms with Gasteiger partial charge in [0.25, 0.3) is 5.91 Å². The molecule has 2 amide bonds. The average molecular weight is 463 g/mol. The van der Waals surface area contributed by atoms with Crippen LogP contribution in [-0.2, 0) is 4.79 Å². The van der Waals surface area contributed by atoms with Crippen molar-refractivity contribution in [1.82, 2.24) is 9.80 Å². The normalized spacial score (nSPS) is 22.5. The number of hydrogen-bond acceptors (Lipinski definition) is 3. The molecule has 1 fully saturated rings. The molecule has 182 valence electrons. The van der Waals surface area contributed by atoms with Crippen LogP contribution >= 0.6 is 0 Å². The van der Waals surface area contributed by atoms with Gasteiger partial charge in [-0.2, -0.15) is 0 Å². The lowest BCUT2D eigenvalue weighted by molar-refractivity contribution is -0.138. The summed E-state index contributed by atoms with van der Waals surface area (Å²) in [6, 6.07) is 17.8. The first-order valence-corrected chi connectivity index (χ1v) is 13.0. The van der Waals surface area contributed by atoms with E-state index in [1.807, 2.05) is 54.3 Å². The molecule has 2 aromatic carbocycles. The molecule has 1 unspecified atom stereocenters. The molecule has 1 aliphatic heterocycles. The molecule has 0 saturated heterocycles. The Bertz CT molecular complexity index is 961. The first-order chi connectivity index (χ1) is 16.6. The van der Waals surface area contributed by atoms with Crippen LogP contribution in [0.1, 0.15) is 80.6 Å². The van der Waals surface area contributed by atoms with E-state index in [1.54, 1.807) is 0 Å². The Kier molecular flexibility index (Phi) is 8.25. The lowest BCUT2D eigenvalue weighted by atomic mass is 9.88. The molecule has 0 spiro atoms. The Morgan fingerprint density at radius 2 is 1.65 bits per heavy atom. The molecular formula is C29H38N2O3. The van der Waals surface area contributed by atoms with Gasteiger partial charge in [-0.15, -0.1) is 0 Å². The van der Waals surface area contributed by atoms with Gasteiger partial charge < -0.3 is 14.5 Å². The van der Waals surface area contributed by atoms with Crippen molar-refractivity contribution in [2.75, 3.05) is 19.6 Å². The maximum atomic E-state index is 14.0. The third-order valence-corrected chi connectivity index (χ3v) is 7.40. The number of nitrogens with zero attached hydrogens (tertiary/aromatic N) is 2. The number of hydrogen-bond donors (Lipinski definition) is 0. The van der Waals surface area contributed by atoms with Gasteiger partial charge in [-0.25, -0.2) is 0 Å². The molecule has 3 atom stereocenters. The minimum absolute atomic E-state index is 0.0314. The van der Waals surface area contributed by atoms with E-state index in [0.29, 0.717) is 30.9 Å². The molecule has 5 heteroatoms. The molecule has 34 heavy (non-hydrogen) atoms. The summed E-state index contributed by atoms with van der Waals surface area (Å²) in [5.41, 5.74) is 1.71. The molecule has 5 nitrogen and oxygen atoms in total. The first kappa shape index (κ1) is 24.3. The molecule has 0 N–H and O–H groups in total. The van der Waals surface area contributed by atoms with Crippen molar-refractivity contribution in [3.63, 3.8) is 0 Å². The van der Waals surface area contributed by atoms with Crippen molar-refractivity contribution >= 4 is 11.8 Å². The van der Waals surface area contributed by atoms with Crippen LogP contribution in [0.25, 0.3) is 0 Å². The van der Waals surface area contributed by atoms with Gasteiger partial charge in [0.15, 0.2) is 0 Å². The Morgan fingerprint density at radius 3 is 2.41 bits per heavy atom. The summed E-state index contributed by atoms with van der Waals surface area (Å²) in [7, 11) is 0. The SMILES string of the molecule is CCC(C(=O)N1CCCCN(CC)C(=O)c2ccccc2O[C@H]2CCCC[C@H]21)c1ccccc1. The molecule has 0 bridgehead atoms. The quantitative estimate of drug-likeness (QED) is 0.590. The average Bonchev–Trinajstić information content (AvgIpc) is 2.87. The summed E-state index contributed by atoms with van der Waals surface area (Å²) < 4.78 is 6.59. The van der Waals surface area contributed by atoms with Crippen LogP contribution in [0, 0.1) is 0 Å². The summed E-state index contributed by atoms with van der Waals surface area (Å²) in [6.07, 6.45) is 6.46. The Morgan fingerprint density at radius 1 is 0.941 bits per heavy atom. The van der Waals surface area contributed by atoms with Crippen molar-refractivity contribution in [2.24, 2.45) is 0 Å². The molecule has 0 radical (unpaired) electrons. The summed E-state index contributed by atoms with van der Waals surface area (Å²) in [5.74, 6) is 0.751. The number of carbonyl (C=O) groups is 2. The fourth-order valence-corrected chi connectivity index (χ4v) is 5.52. The zero-order valence-electron chi connectivity index (χ0n) is 20.6. The predicted molar refractivity (Wildman–Crippen MR) is 135 cm³/mol. The van der Waals surface area contributed by atoms with Gasteiger partial charge in [-0.1, -0.05) is 55.8 Å². The van der Waals surface area contributed by atoms with Crippen LogP contribution in [0.5, 0.6) is 5.75 Å². The van der Waals surface area contributed by atoms with Gasteiger partial charge in [0, 0.05) is 19.6 Å². The number of amides is 2. The van der Waals surface area contributed by atoms with Crippen LogP contribution in [0.15, 0.2) is 54.6 Å². The summed E-state index contributed by atoms with van der Waals surface area (Å²) in [5, 5.41) is 0. The highest BCUT2D eigenvalue weighted by atomic mass is 16.5. The maximum Gasteiger partial charge on any atom is 0.257 e. The third-order valence-electron chi connectivity index (χ3n) is 7.40. The largest absolute Gasteiger partial charge is 0.487 e. The first-order valence-electron chi connectivity index (χ1n) is 13.0. The topological polar surface area (TPSA) is 49.9 Å². The van der Waals surface area contributed by atoms with Crippen molar-refractivity contribution < 1.29 is 14.3 Å². The Labute approximate surface area is 204 Å². The molecule has 0 aromatic heterocycles. The van der Waals surface area contributed by atoms with E-state index < -0.39 is 0 Å². The zero-order chi connectivity index (χ0) is 23.9. The number of benzene rings is 2. The fraction of sp³-hybridized carbons (Fsp3) is 0.517. The van der Waals surface area contributed by atoms with Crippen LogP contribution in [0.4, 0.5) is 0 Å². The smallest absolute Gasteiger partial charge is 0.257 e. The van der Waals surface area contributed by atoms with Crippen molar-refractivity contribution in [3.05, 3.63) is 65.7 Å². The number of rotatable bonds is 4. The standard InChI is InChI=1S/C29H38N2O3/c1-3-23(22-14-6-5-7-15-22)29(33)31-21-13-12-20-30(4-2)28(32)24-16-8-10-18-26(24)34-27-19-11-9-17-25(27)31/h5-8,10,14-16,18,23,25,27H,3-4,9,11-13,17,19-21H2,1-2H3/t23?,25-,27+/m1/s1. The van der Waals surface area contributed by atoms with Gasteiger partial charge in [0.2, 0.25) is 5.91 Å². The van der Waals surface area contributed by atoms with E-state index in [0.717, 1.165) is 50.5 Å². The molecule has 4 rings (SSSR count). The van der Waals surface area contributed by atoms with Crippen LogP contribution in [0.3, 0.4) is 0 Å². The second-order valence-corrected chi connectivity index (χ2v) is 9.50. The predicted octanol–water partition coefficient (Wildman–Crippen LogP) is 5.65. The lowest BCUT2D eigenvalue weighted by Crippen LogP contribution is -2.52. The number of fused-ring (bicyclic) bond motifs is 2. The lowest BCUT2D eigenvalue weighted by Gasteiger charge is -2.42. The fourth-order valence-electron chi connectivity index (χ4n) is 5.52. The van der Waals surface area contributed by atoms with Crippen LogP contribution in [0.2, 0.25) is 0 Å². The summed E-state index contributed by atoms with van der Waals surface area (Å²) in [4.78, 5) is 31.3. The highest BCUT2D eigenvalue weighted by Gasteiger charge is 2.37. The minimum Gasteiger partial charge on any atom is -0.487 e. The molecule has 1 heterocycles. The highest BCUT2D eigenvalue weighted by Crippen LogP contribution is 2.33. The van der Waals surface area contributed by atoms with Gasteiger partial charge in [-0.3, -0.25) is 9.59 Å². The van der Waals surface area contributed by atoms with Crippen LogP contribution < -0.4 is 4.74 Å². The van der Waals surface area contributed by atoms with Gasteiger partial charge in [-0.05, 0) is 63.1 Å².